The van der Waals surface area contributed by atoms with Crippen molar-refractivity contribution in [3.63, 3.8) is 0 Å². The number of carbonyl (C=O) groups is 1. The molecule has 0 spiro atoms. The van der Waals surface area contributed by atoms with Crippen LogP contribution in [0.4, 0.5) is 25.1 Å². The monoisotopic (exact) mass is 399 g/mol. The summed E-state index contributed by atoms with van der Waals surface area (Å²) in [7, 11) is 1.77. The smallest absolute Gasteiger partial charge is 0.324 e. The van der Waals surface area contributed by atoms with Crippen molar-refractivity contribution in [2.75, 3.05) is 43.0 Å². The number of aromatic nitrogens is 4. The Bertz CT molecular complexity index is 1080. The van der Waals surface area contributed by atoms with Crippen LogP contribution >= 0.6 is 0 Å². The van der Waals surface area contributed by atoms with Crippen molar-refractivity contribution >= 4 is 28.4 Å². The highest BCUT2D eigenvalue weighted by Gasteiger charge is 2.33. The highest BCUT2D eigenvalue weighted by molar-refractivity contribution is 5.93. The molecule has 8 nitrogen and oxygen atoms in total. The molecule has 2 aromatic heterocycles. The van der Waals surface area contributed by atoms with Gasteiger partial charge in [-0.2, -0.15) is 5.10 Å². The first-order chi connectivity index (χ1) is 14.0. The van der Waals surface area contributed by atoms with Gasteiger partial charge in [0, 0.05) is 44.8 Å². The summed E-state index contributed by atoms with van der Waals surface area (Å²) in [5.41, 5.74) is 1.28. The van der Waals surface area contributed by atoms with Crippen LogP contribution in [0, 0.1) is 0 Å². The summed E-state index contributed by atoms with van der Waals surface area (Å²) < 4.78 is 28.3. The maximum absolute atomic E-state index is 13.2. The first-order valence-electron chi connectivity index (χ1n) is 9.38. The lowest BCUT2D eigenvalue weighted by atomic mass is 10.1. The van der Waals surface area contributed by atoms with Gasteiger partial charge in [-0.25, -0.2) is 23.5 Å². The Hall–Kier alpha value is -3.30. The third-order valence-electron chi connectivity index (χ3n) is 5.45. The number of halogens is 2. The molecule has 29 heavy (non-hydrogen) atoms. The zero-order chi connectivity index (χ0) is 20.1. The summed E-state index contributed by atoms with van der Waals surface area (Å²) in [6.07, 6.45) is 0.830. The van der Waals surface area contributed by atoms with Crippen LogP contribution in [0.1, 0.15) is 18.3 Å². The number of fused-ring (bicyclic) bond motifs is 1. The molecule has 2 aliphatic heterocycles. The Balaban J connectivity index is 1.36. The number of hydrogen-bond acceptors (Lipinski definition) is 5. The zero-order valence-electron chi connectivity index (χ0n) is 15.7. The van der Waals surface area contributed by atoms with E-state index in [1.807, 2.05) is 27.9 Å². The minimum Gasteiger partial charge on any atom is -0.352 e. The molecule has 0 radical (unpaired) electrons. The third-order valence-corrected chi connectivity index (χ3v) is 5.45. The SMILES string of the molecule is CN1CCN(c2cnn(C3CN(c4nc(C(F)F)nc5ccccc45)C3)c2)C1=O. The van der Waals surface area contributed by atoms with Crippen molar-refractivity contribution in [1.29, 1.82) is 0 Å². The molecule has 0 N–H and O–H groups in total. The van der Waals surface area contributed by atoms with Crippen LogP contribution in [0.25, 0.3) is 10.9 Å². The predicted molar refractivity (Wildman–Crippen MR) is 103 cm³/mol. The van der Waals surface area contributed by atoms with Gasteiger partial charge in [-0.05, 0) is 12.1 Å². The van der Waals surface area contributed by atoms with Crippen molar-refractivity contribution in [2.24, 2.45) is 0 Å². The van der Waals surface area contributed by atoms with E-state index in [1.54, 1.807) is 35.2 Å². The maximum Gasteiger partial charge on any atom is 0.324 e. The summed E-state index contributed by atoms with van der Waals surface area (Å²) in [4.78, 5) is 25.6. The minimum atomic E-state index is -2.72. The molecule has 10 heteroatoms. The van der Waals surface area contributed by atoms with Crippen molar-refractivity contribution < 1.29 is 13.6 Å². The molecule has 150 valence electrons. The molecular weight excluding hydrogens is 380 g/mol. The van der Waals surface area contributed by atoms with E-state index < -0.39 is 12.2 Å². The van der Waals surface area contributed by atoms with Crippen molar-refractivity contribution in [3.8, 4) is 0 Å². The van der Waals surface area contributed by atoms with E-state index in [4.69, 9.17) is 0 Å². The van der Waals surface area contributed by atoms with Crippen LogP contribution in [0.15, 0.2) is 36.7 Å². The van der Waals surface area contributed by atoms with Crippen LogP contribution in [0.2, 0.25) is 0 Å². The van der Waals surface area contributed by atoms with E-state index in [2.05, 4.69) is 15.1 Å². The topological polar surface area (TPSA) is 70.4 Å². The average Bonchev–Trinajstić information content (AvgIpc) is 3.27. The number of amides is 2. The van der Waals surface area contributed by atoms with Crippen LogP contribution < -0.4 is 9.80 Å². The summed E-state index contributed by atoms with van der Waals surface area (Å²) >= 11 is 0. The molecule has 5 rings (SSSR count). The average molecular weight is 399 g/mol. The molecule has 0 atom stereocenters. The number of alkyl halides is 2. The fourth-order valence-corrected chi connectivity index (χ4v) is 3.77. The Morgan fingerprint density at radius 3 is 2.66 bits per heavy atom. The second-order valence-corrected chi connectivity index (χ2v) is 7.32. The third kappa shape index (κ3) is 2.95. The Kier molecular flexibility index (Phi) is 4.07. The Labute approximate surface area is 165 Å². The molecular formula is C19H19F2N7O. The minimum absolute atomic E-state index is 0.0354. The summed E-state index contributed by atoms with van der Waals surface area (Å²) in [5.74, 6) is 0.0612. The lowest BCUT2D eigenvalue weighted by Gasteiger charge is -2.40. The van der Waals surface area contributed by atoms with Crippen molar-refractivity contribution in [2.45, 2.75) is 12.5 Å². The number of carbonyl (C=O) groups excluding carboxylic acids is 1. The van der Waals surface area contributed by atoms with E-state index in [0.29, 0.717) is 37.5 Å². The fourth-order valence-electron chi connectivity index (χ4n) is 3.77. The quantitative estimate of drug-likeness (QED) is 0.675. The Morgan fingerprint density at radius 1 is 1.14 bits per heavy atom. The number of likely N-dealkylation sites (N-methyl/N-ethyl adjacent to an activating group) is 1. The molecule has 0 aliphatic carbocycles. The van der Waals surface area contributed by atoms with Gasteiger partial charge in [0.15, 0.2) is 5.82 Å². The van der Waals surface area contributed by atoms with E-state index >= 15 is 0 Å². The van der Waals surface area contributed by atoms with E-state index in [9.17, 15) is 13.6 Å². The molecule has 2 fully saturated rings. The predicted octanol–water partition coefficient (Wildman–Crippen LogP) is 2.70. The highest BCUT2D eigenvalue weighted by Crippen LogP contribution is 2.33. The van der Waals surface area contributed by atoms with Gasteiger partial charge in [0.05, 0.1) is 23.4 Å². The van der Waals surface area contributed by atoms with Gasteiger partial charge < -0.3 is 9.80 Å². The second kappa shape index (κ2) is 6.64. The van der Waals surface area contributed by atoms with Crippen molar-refractivity contribution in [1.82, 2.24) is 24.6 Å². The normalized spacial score (nSPS) is 17.7. The standard InChI is InChI=1S/C19H19F2N7O/c1-25-6-7-27(19(25)29)12-8-22-28(11-12)13-9-26(10-13)18-14-4-2-3-5-15(14)23-17(24-18)16(20)21/h2-5,8,11,13,16H,6-7,9-10H2,1H3. The van der Waals surface area contributed by atoms with Crippen LogP contribution in [0.5, 0.6) is 0 Å². The Morgan fingerprint density at radius 2 is 1.93 bits per heavy atom. The number of hydrogen-bond donors (Lipinski definition) is 0. The van der Waals surface area contributed by atoms with Gasteiger partial charge in [-0.3, -0.25) is 9.58 Å². The van der Waals surface area contributed by atoms with Crippen LogP contribution in [-0.2, 0) is 0 Å². The summed E-state index contributed by atoms with van der Waals surface area (Å²) in [6.45, 7) is 2.52. The lowest BCUT2D eigenvalue weighted by molar-refractivity contribution is 0.140. The molecule has 0 unspecified atom stereocenters. The number of para-hydroxylation sites is 1. The van der Waals surface area contributed by atoms with Crippen LogP contribution in [0.3, 0.4) is 0 Å². The highest BCUT2D eigenvalue weighted by atomic mass is 19.3. The number of nitrogens with zero attached hydrogens (tertiary/aromatic N) is 7. The largest absolute Gasteiger partial charge is 0.352 e. The number of rotatable bonds is 4. The van der Waals surface area contributed by atoms with E-state index in [1.165, 1.54) is 0 Å². The van der Waals surface area contributed by atoms with Gasteiger partial charge in [0.1, 0.15) is 5.82 Å². The number of urea groups is 1. The summed E-state index contributed by atoms with van der Waals surface area (Å²) in [6, 6.07) is 7.23. The first kappa shape index (κ1) is 17.8. The molecule has 3 aromatic rings. The van der Waals surface area contributed by atoms with Gasteiger partial charge in [0.25, 0.3) is 6.43 Å². The summed E-state index contributed by atoms with van der Waals surface area (Å²) in [5, 5.41) is 5.16. The van der Waals surface area contributed by atoms with Gasteiger partial charge in [0.2, 0.25) is 0 Å². The molecule has 0 saturated carbocycles. The van der Waals surface area contributed by atoms with Crippen LogP contribution in [-0.4, -0.2) is 63.9 Å². The maximum atomic E-state index is 13.2. The van der Waals surface area contributed by atoms with E-state index in [0.717, 1.165) is 11.1 Å². The molecule has 2 aliphatic rings. The zero-order valence-corrected chi connectivity index (χ0v) is 15.7. The van der Waals surface area contributed by atoms with Gasteiger partial charge in [-0.15, -0.1) is 0 Å². The molecule has 0 bridgehead atoms. The fraction of sp³-hybridized carbons (Fsp3) is 0.368. The van der Waals surface area contributed by atoms with E-state index in [-0.39, 0.29) is 12.1 Å². The molecule has 2 saturated heterocycles. The number of benzene rings is 1. The van der Waals surface area contributed by atoms with Crippen molar-refractivity contribution in [3.05, 3.63) is 42.5 Å². The van der Waals surface area contributed by atoms with Gasteiger partial charge in [-0.1, -0.05) is 12.1 Å². The molecule has 4 heterocycles. The molecule has 2 amide bonds. The molecule has 1 aromatic carbocycles. The lowest BCUT2D eigenvalue weighted by Crippen LogP contribution is -2.48. The first-order valence-corrected chi connectivity index (χ1v) is 9.38. The number of anilines is 2. The second-order valence-electron chi connectivity index (χ2n) is 7.32. The van der Waals surface area contributed by atoms with Gasteiger partial charge >= 0.3 is 6.03 Å².